The number of aliphatic imine (C=N–C) groups is 1. The fourth-order valence-corrected chi connectivity index (χ4v) is 3.57. The van der Waals surface area contributed by atoms with Crippen molar-refractivity contribution in [2.75, 3.05) is 13.7 Å². The summed E-state index contributed by atoms with van der Waals surface area (Å²) in [7, 11) is 1.93. The molecule has 1 heterocycles. The lowest BCUT2D eigenvalue weighted by atomic mass is 9.94. The second-order valence-electron chi connectivity index (χ2n) is 6.91. The van der Waals surface area contributed by atoms with Crippen molar-refractivity contribution in [1.29, 1.82) is 0 Å². The van der Waals surface area contributed by atoms with Gasteiger partial charge in [0.25, 0.3) is 5.91 Å². The van der Waals surface area contributed by atoms with Gasteiger partial charge in [-0.25, -0.2) is 4.99 Å². The first-order valence-electron chi connectivity index (χ1n) is 9.22. The number of amides is 2. The van der Waals surface area contributed by atoms with Gasteiger partial charge in [-0.05, 0) is 37.5 Å². The van der Waals surface area contributed by atoms with Gasteiger partial charge in [0, 0.05) is 31.5 Å². The monoisotopic (exact) mass is 342 g/mol. The summed E-state index contributed by atoms with van der Waals surface area (Å²) in [5, 5.41) is 0. The van der Waals surface area contributed by atoms with Crippen molar-refractivity contribution in [2.24, 2.45) is 10.9 Å². The Hall–Kier alpha value is -2.17. The number of dihydropyridines is 1. The Morgan fingerprint density at radius 1 is 1.24 bits per heavy atom. The predicted molar refractivity (Wildman–Crippen MR) is 97.1 cm³/mol. The minimum Gasteiger partial charge on any atom is -0.494 e. The van der Waals surface area contributed by atoms with E-state index in [1.54, 1.807) is 0 Å². The number of nitrogens with zero attached hydrogens (tertiary/aromatic N) is 2. The minimum atomic E-state index is -0.214. The van der Waals surface area contributed by atoms with Gasteiger partial charge in [-0.3, -0.25) is 9.59 Å². The van der Waals surface area contributed by atoms with E-state index >= 15 is 0 Å². The maximum Gasteiger partial charge on any atom is 0.269 e. The highest BCUT2D eigenvalue weighted by Crippen LogP contribution is 2.23. The van der Waals surface area contributed by atoms with Crippen LogP contribution in [0.2, 0.25) is 0 Å². The second kappa shape index (κ2) is 8.28. The zero-order chi connectivity index (χ0) is 17.6. The van der Waals surface area contributed by atoms with Gasteiger partial charge in [-0.1, -0.05) is 25.3 Å². The van der Waals surface area contributed by atoms with Gasteiger partial charge in [0.15, 0.2) is 0 Å². The lowest BCUT2D eigenvalue weighted by molar-refractivity contribution is -0.132. The van der Waals surface area contributed by atoms with Crippen molar-refractivity contribution in [2.45, 2.75) is 51.0 Å². The maximum absolute atomic E-state index is 12.3. The molecule has 0 N–H and O–H groups in total. The maximum atomic E-state index is 12.3. The molecule has 2 amide bonds. The summed E-state index contributed by atoms with van der Waals surface area (Å²) < 4.78 is 5.76. The van der Waals surface area contributed by atoms with E-state index in [4.69, 9.17) is 4.74 Å². The lowest BCUT2D eigenvalue weighted by Gasteiger charge is -2.31. The number of hydrogen-bond donors (Lipinski definition) is 0. The van der Waals surface area contributed by atoms with Gasteiger partial charge < -0.3 is 9.64 Å². The zero-order valence-electron chi connectivity index (χ0n) is 14.8. The molecule has 3 aliphatic rings. The summed E-state index contributed by atoms with van der Waals surface area (Å²) in [6, 6.07) is 0.421. The first-order valence-corrected chi connectivity index (χ1v) is 9.22. The average Bonchev–Trinajstić information content (AvgIpc) is 2.65. The highest BCUT2D eigenvalue weighted by molar-refractivity contribution is 6.11. The van der Waals surface area contributed by atoms with E-state index in [0.717, 1.165) is 24.3 Å². The highest BCUT2D eigenvalue weighted by Gasteiger charge is 2.22. The van der Waals surface area contributed by atoms with Crippen LogP contribution in [0.15, 0.2) is 41.1 Å². The van der Waals surface area contributed by atoms with Crippen LogP contribution in [-0.2, 0) is 14.3 Å². The van der Waals surface area contributed by atoms with Crippen molar-refractivity contribution < 1.29 is 14.3 Å². The van der Waals surface area contributed by atoms with Crippen LogP contribution in [0.25, 0.3) is 0 Å². The third kappa shape index (κ3) is 4.68. The topological polar surface area (TPSA) is 59.0 Å². The average molecular weight is 342 g/mol. The molecule has 5 heteroatoms. The van der Waals surface area contributed by atoms with Crippen molar-refractivity contribution in [1.82, 2.24) is 4.90 Å². The van der Waals surface area contributed by atoms with Crippen molar-refractivity contribution in [3.63, 3.8) is 0 Å². The van der Waals surface area contributed by atoms with Gasteiger partial charge in [-0.2, -0.15) is 0 Å². The van der Waals surface area contributed by atoms with E-state index in [-0.39, 0.29) is 17.7 Å². The Labute approximate surface area is 149 Å². The van der Waals surface area contributed by atoms with Crippen LogP contribution in [0, 0.1) is 5.92 Å². The van der Waals surface area contributed by atoms with E-state index < -0.39 is 0 Å². The van der Waals surface area contributed by atoms with Crippen molar-refractivity contribution >= 4 is 17.5 Å². The van der Waals surface area contributed by atoms with Crippen LogP contribution < -0.4 is 0 Å². The van der Waals surface area contributed by atoms with Crippen LogP contribution in [-0.4, -0.2) is 42.1 Å². The van der Waals surface area contributed by atoms with Gasteiger partial charge in [-0.15, -0.1) is 0 Å². The molecule has 0 aromatic carbocycles. The lowest BCUT2D eigenvalue weighted by Crippen LogP contribution is -2.38. The van der Waals surface area contributed by atoms with Crippen LogP contribution in [0.4, 0.5) is 0 Å². The van der Waals surface area contributed by atoms with Crippen molar-refractivity contribution in [3.8, 4) is 0 Å². The van der Waals surface area contributed by atoms with Crippen LogP contribution >= 0.6 is 0 Å². The third-order valence-electron chi connectivity index (χ3n) is 5.11. The molecule has 5 nitrogen and oxygen atoms in total. The smallest absolute Gasteiger partial charge is 0.269 e. The fourth-order valence-electron chi connectivity index (χ4n) is 3.57. The Balaban J connectivity index is 1.39. The summed E-state index contributed by atoms with van der Waals surface area (Å²) in [4.78, 5) is 29.5. The number of carbonyl (C=O) groups is 2. The number of hydrogen-bond acceptors (Lipinski definition) is 3. The molecule has 0 saturated heterocycles. The summed E-state index contributed by atoms with van der Waals surface area (Å²) >= 11 is 0. The molecular formula is C20H26N2O3. The molecule has 1 saturated carbocycles. The van der Waals surface area contributed by atoms with Gasteiger partial charge in [0.05, 0.1) is 12.3 Å². The molecular weight excluding hydrogens is 316 g/mol. The molecule has 1 atom stereocenters. The molecule has 0 bridgehead atoms. The molecule has 0 aromatic rings. The third-order valence-corrected chi connectivity index (χ3v) is 5.11. The van der Waals surface area contributed by atoms with Gasteiger partial charge in [0.2, 0.25) is 5.91 Å². The minimum absolute atomic E-state index is 0.0109. The SMILES string of the molecule is CN(C(=O)CCCOC1=CC2C=CC(=O)N=C2C=C1)C1CCCCC1. The van der Waals surface area contributed by atoms with E-state index in [0.29, 0.717) is 25.5 Å². The molecule has 0 radical (unpaired) electrons. The Kier molecular flexibility index (Phi) is 5.84. The first-order chi connectivity index (χ1) is 12.1. The number of ether oxygens (including phenoxy) is 1. The molecule has 0 aromatic heterocycles. The molecule has 3 rings (SSSR count). The second-order valence-corrected chi connectivity index (χ2v) is 6.91. The highest BCUT2D eigenvalue weighted by atomic mass is 16.5. The van der Waals surface area contributed by atoms with E-state index in [1.807, 2.05) is 36.3 Å². The number of fused-ring (bicyclic) bond motifs is 1. The number of carbonyl (C=O) groups excluding carboxylic acids is 2. The Morgan fingerprint density at radius 2 is 2.04 bits per heavy atom. The van der Waals surface area contributed by atoms with Crippen LogP contribution in [0.1, 0.15) is 44.9 Å². The Bertz CT molecular complexity index is 639. The fraction of sp³-hybridized carbons (Fsp3) is 0.550. The summed E-state index contributed by atoms with van der Waals surface area (Å²) in [6.45, 7) is 0.516. The van der Waals surface area contributed by atoms with E-state index in [2.05, 4.69) is 4.99 Å². The molecule has 1 aliphatic heterocycles. The molecule has 134 valence electrons. The number of rotatable bonds is 6. The molecule has 0 spiro atoms. The molecule has 2 aliphatic carbocycles. The quantitative estimate of drug-likeness (QED) is 0.697. The van der Waals surface area contributed by atoms with Crippen LogP contribution in [0.5, 0.6) is 0 Å². The van der Waals surface area contributed by atoms with E-state index in [1.165, 1.54) is 25.3 Å². The van der Waals surface area contributed by atoms with Crippen molar-refractivity contribution in [3.05, 3.63) is 36.1 Å². The predicted octanol–water partition coefficient (Wildman–Crippen LogP) is 3.18. The van der Waals surface area contributed by atoms with E-state index in [9.17, 15) is 9.59 Å². The van der Waals surface area contributed by atoms with Gasteiger partial charge >= 0.3 is 0 Å². The summed E-state index contributed by atoms with van der Waals surface area (Å²) in [5.41, 5.74) is 0.754. The first kappa shape index (κ1) is 17.6. The van der Waals surface area contributed by atoms with Gasteiger partial charge in [0.1, 0.15) is 5.76 Å². The summed E-state index contributed by atoms with van der Waals surface area (Å²) in [6.07, 6.45) is 16.2. The zero-order valence-corrected chi connectivity index (χ0v) is 14.8. The summed E-state index contributed by atoms with van der Waals surface area (Å²) in [5.74, 6) is 0.786. The molecule has 1 fully saturated rings. The molecule has 1 unspecified atom stereocenters. The standard InChI is InChI=1S/C20H26N2O3/c1-22(16-6-3-2-4-7-16)20(24)8-5-13-25-17-10-11-18-15(14-17)9-12-19(23)21-18/h9-12,14-16H,2-8,13H2,1H3. The number of allylic oxidation sites excluding steroid dienone is 4. The largest absolute Gasteiger partial charge is 0.494 e. The Morgan fingerprint density at radius 3 is 2.84 bits per heavy atom. The normalized spacial score (nSPS) is 22.9. The molecule has 25 heavy (non-hydrogen) atoms. The van der Waals surface area contributed by atoms with Crippen LogP contribution in [0.3, 0.4) is 0 Å².